The molecule has 0 aromatic heterocycles. The van der Waals surface area contributed by atoms with Gasteiger partial charge in [0, 0.05) is 12.7 Å². The molecule has 37 heavy (non-hydrogen) atoms. The van der Waals surface area contributed by atoms with Crippen molar-refractivity contribution in [1.82, 2.24) is 0 Å². The van der Waals surface area contributed by atoms with Crippen molar-refractivity contribution in [2.45, 2.75) is 58.4 Å². The van der Waals surface area contributed by atoms with Gasteiger partial charge in [0.15, 0.2) is 22.4 Å². The van der Waals surface area contributed by atoms with Crippen LogP contribution in [-0.4, -0.2) is 35.5 Å². The lowest BCUT2D eigenvalue weighted by Gasteiger charge is -2.35. The normalized spacial score (nSPS) is 11.8. The maximum atomic E-state index is 12.6. The van der Waals surface area contributed by atoms with Gasteiger partial charge in [-0.3, -0.25) is 4.79 Å². The molecule has 0 aliphatic carbocycles. The van der Waals surface area contributed by atoms with E-state index >= 15 is 0 Å². The topological polar surface area (TPSA) is 61.8 Å². The number of hydrogen-bond acceptors (Lipinski definition) is 5. The fourth-order valence-corrected chi connectivity index (χ4v) is 13.8. The summed E-state index contributed by atoms with van der Waals surface area (Å²) in [6.07, 6.45) is 0. The third-order valence-corrected chi connectivity index (χ3v) is 13.1. The summed E-state index contributed by atoms with van der Waals surface area (Å²) in [5.74, 6) is -0.436. The van der Waals surface area contributed by atoms with Gasteiger partial charge in [-0.2, -0.15) is 0 Å². The number of hydrogen-bond donors (Lipinski definition) is 0. The molecule has 3 aromatic rings. The molecule has 0 heterocycles. The van der Waals surface area contributed by atoms with E-state index in [2.05, 4.69) is 56.5 Å². The molecule has 0 N–H and O–H groups in total. The SMILES string of the molecule is COCc1ccccc1C[Si](C)(C)O[Si](C)(C)Cc1ccccc1COC(=O)c1ccc(C(C)=O)cc1. The lowest BCUT2D eigenvalue weighted by molar-refractivity contribution is 0.0471. The van der Waals surface area contributed by atoms with Crippen molar-refractivity contribution in [3.63, 3.8) is 0 Å². The van der Waals surface area contributed by atoms with E-state index in [1.807, 2.05) is 18.2 Å². The van der Waals surface area contributed by atoms with E-state index in [1.54, 1.807) is 31.4 Å². The number of ether oxygens (including phenoxy) is 2. The van der Waals surface area contributed by atoms with Gasteiger partial charge in [-0.1, -0.05) is 60.7 Å². The molecule has 0 aliphatic heterocycles. The largest absolute Gasteiger partial charge is 0.457 e. The van der Waals surface area contributed by atoms with Crippen molar-refractivity contribution in [1.29, 1.82) is 0 Å². The van der Waals surface area contributed by atoms with Crippen LogP contribution < -0.4 is 0 Å². The molecule has 0 bridgehead atoms. The molecule has 0 spiro atoms. The Bertz CT molecular complexity index is 1220. The Kier molecular flexibility index (Phi) is 9.78. The molecule has 7 heteroatoms. The predicted molar refractivity (Wildman–Crippen MR) is 153 cm³/mol. The molecular weight excluding hydrogens is 496 g/mol. The summed E-state index contributed by atoms with van der Waals surface area (Å²) < 4.78 is 18.0. The number of methoxy groups -OCH3 is 1. The van der Waals surface area contributed by atoms with Crippen LogP contribution in [0.25, 0.3) is 0 Å². The summed E-state index contributed by atoms with van der Waals surface area (Å²) in [6, 6.07) is 24.9. The van der Waals surface area contributed by atoms with Gasteiger partial charge >= 0.3 is 5.97 Å². The highest BCUT2D eigenvalue weighted by molar-refractivity contribution is 6.84. The van der Waals surface area contributed by atoms with Crippen molar-refractivity contribution in [3.8, 4) is 0 Å². The minimum absolute atomic E-state index is 0.0340. The first kappa shape index (κ1) is 28.7. The summed E-state index contributed by atoms with van der Waals surface area (Å²) in [7, 11) is -2.36. The lowest BCUT2D eigenvalue weighted by atomic mass is 10.1. The molecule has 0 saturated heterocycles. The smallest absolute Gasteiger partial charge is 0.338 e. The molecule has 0 aliphatic rings. The van der Waals surface area contributed by atoms with Crippen molar-refractivity contribution < 1.29 is 23.2 Å². The second-order valence-electron chi connectivity index (χ2n) is 10.7. The average Bonchev–Trinajstić information content (AvgIpc) is 2.83. The van der Waals surface area contributed by atoms with Crippen LogP contribution in [0.1, 0.15) is 49.9 Å². The number of carbonyl (C=O) groups is 2. The monoisotopic (exact) mass is 534 g/mol. The molecule has 0 saturated carbocycles. The van der Waals surface area contributed by atoms with Crippen molar-refractivity contribution in [2.75, 3.05) is 7.11 Å². The zero-order chi connectivity index (χ0) is 27.1. The summed E-state index contributed by atoms with van der Waals surface area (Å²) in [5, 5.41) is 0. The second-order valence-corrected chi connectivity index (χ2v) is 19.2. The Hall–Kier alpha value is -2.85. The summed E-state index contributed by atoms with van der Waals surface area (Å²) in [5.41, 5.74) is 5.67. The maximum Gasteiger partial charge on any atom is 0.338 e. The lowest BCUT2D eigenvalue weighted by Crippen LogP contribution is -2.48. The van der Waals surface area contributed by atoms with Crippen LogP contribution in [0.15, 0.2) is 72.8 Å². The zero-order valence-corrected chi connectivity index (χ0v) is 24.8. The van der Waals surface area contributed by atoms with Crippen LogP contribution in [-0.2, 0) is 38.9 Å². The Morgan fingerprint density at radius 3 is 1.54 bits per heavy atom. The molecule has 3 rings (SSSR count). The first-order valence-electron chi connectivity index (χ1n) is 12.6. The van der Waals surface area contributed by atoms with E-state index in [1.165, 1.54) is 18.1 Å². The van der Waals surface area contributed by atoms with Gasteiger partial charge in [0.25, 0.3) is 0 Å². The molecular formula is C30H38O5Si2. The van der Waals surface area contributed by atoms with Gasteiger partial charge in [-0.15, -0.1) is 0 Å². The summed E-state index contributed by atoms with van der Waals surface area (Å²) >= 11 is 0. The van der Waals surface area contributed by atoms with E-state index in [-0.39, 0.29) is 12.4 Å². The number of Topliss-reactive ketones (excluding diaryl/α,β-unsaturated/α-hetero) is 1. The van der Waals surface area contributed by atoms with E-state index in [0.717, 1.165) is 23.2 Å². The fraction of sp³-hybridized carbons (Fsp3) is 0.333. The van der Waals surface area contributed by atoms with E-state index in [0.29, 0.717) is 17.7 Å². The summed E-state index contributed by atoms with van der Waals surface area (Å²) in [4.78, 5) is 24.1. The molecule has 5 nitrogen and oxygen atoms in total. The van der Waals surface area contributed by atoms with E-state index < -0.39 is 22.6 Å². The third kappa shape index (κ3) is 8.60. The van der Waals surface area contributed by atoms with Gasteiger partial charge in [0.05, 0.1) is 12.2 Å². The highest BCUT2D eigenvalue weighted by atomic mass is 28.4. The average molecular weight is 535 g/mol. The van der Waals surface area contributed by atoms with E-state index in [9.17, 15) is 9.59 Å². The maximum absolute atomic E-state index is 12.6. The van der Waals surface area contributed by atoms with Crippen LogP contribution >= 0.6 is 0 Å². The van der Waals surface area contributed by atoms with Crippen molar-refractivity contribution >= 4 is 28.4 Å². The standard InChI is InChI=1S/C30H38O5Si2/c1-23(31)24-15-17-25(18-16-24)30(32)34-20-27-12-8-10-14-29(27)22-37(5,6)35-36(3,4)21-28-13-9-7-11-26(28)19-33-2/h7-18H,19-22H2,1-6H3. The first-order chi connectivity index (χ1) is 17.5. The molecule has 0 radical (unpaired) electrons. The Morgan fingerprint density at radius 2 is 1.08 bits per heavy atom. The van der Waals surface area contributed by atoms with Gasteiger partial charge in [0.1, 0.15) is 6.61 Å². The van der Waals surface area contributed by atoms with Crippen molar-refractivity contribution in [3.05, 3.63) is 106 Å². The van der Waals surface area contributed by atoms with Crippen LogP contribution in [0.5, 0.6) is 0 Å². The Labute approximate surface area is 223 Å². The van der Waals surface area contributed by atoms with Gasteiger partial charge in [0.2, 0.25) is 0 Å². The number of rotatable bonds is 12. The van der Waals surface area contributed by atoms with Gasteiger partial charge in [-0.25, -0.2) is 4.79 Å². The quantitative estimate of drug-likeness (QED) is 0.147. The molecule has 0 amide bonds. The first-order valence-corrected chi connectivity index (χ1v) is 18.8. The van der Waals surface area contributed by atoms with Crippen LogP contribution in [0.3, 0.4) is 0 Å². The molecule has 3 aromatic carbocycles. The Balaban J connectivity index is 1.66. The zero-order valence-electron chi connectivity index (χ0n) is 22.8. The minimum atomic E-state index is -2.08. The van der Waals surface area contributed by atoms with E-state index in [4.69, 9.17) is 13.6 Å². The minimum Gasteiger partial charge on any atom is -0.457 e. The number of ketones is 1. The molecule has 0 unspecified atom stereocenters. The predicted octanol–water partition coefficient (Wildman–Crippen LogP) is 6.68. The summed E-state index contributed by atoms with van der Waals surface area (Å²) in [6.45, 7) is 11.4. The fourth-order valence-electron chi connectivity index (χ4n) is 4.70. The second kappa shape index (κ2) is 12.6. The molecule has 0 atom stereocenters. The highest BCUT2D eigenvalue weighted by Crippen LogP contribution is 2.25. The van der Waals surface area contributed by atoms with Gasteiger partial charge in [-0.05, 0) is 79.6 Å². The van der Waals surface area contributed by atoms with Gasteiger partial charge < -0.3 is 13.6 Å². The Morgan fingerprint density at radius 1 is 0.649 bits per heavy atom. The number of esters is 1. The number of carbonyl (C=O) groups excluding carboxylic acids is 2. The van der Waals surface area contributed by atoms with Crippen LogP contribution in [0.2, 0.25) is 26.2 Å². The molecule has 0 fully saturated rings. The number of benzene rings is 3. The van der Waals surface area contributed by atoms with Crippen LogP contribution in [0.4, 0.5) is 0 Å². The van der Waals surface area contributed by atoms with Crippen LogP contribution in [0, 0.1) is 0 Å². The molecule has 196 valence electrons. The van der Waals surface area contributed by atoms with Crippen molar-refractivity contribution in [2.24, 2.45) is 0 Å². The third-order valence-electron chi connectivity index (χ3n) is 6.21. The highest BCUT2D eigenvalue weighted by Gasteiger charge is 2.34.